The third-order valence-electron chi connectivity index (χ3n) is 2.11. The first-order chi connectivity index (χ1) is 6.69. The molecule has 78 valence electrons. The SMILES string of the molecule is CNC(CCO)c1ccc(F)c(F)c1. The van der Waals surface area contributed by atoms with E-state index in [9.17, 15) is 8.78 Å². The van der Waals surface area contributed by atoms with Crippen LogP contribution >= 0.6 is 0 Å². The Bertz CT molecular complexity index is 304. The smallest absolute Gasteiger partial charge is 0.159 e. The molecule has 0 amide bonds. The minimum absolute atomic E-state index is 0.00447. The Kier molecular flexibility index (Phi) is 3.98. The van der Waals surface area contributed by atoms with E-state index < -0.39 is 11.6 Å². The summed E-state index contributed by atoms with van der Waals surface area (Å²) in [5.41, 5.74) is 0.639. The van der Waals surface area contributed by atoms with Gasteiger partial charge in [-0.3, -0.25) is 0 Å². The summed E-state index contributed by atoms with van der Waals surface area (Å²) in [5, 5.41) is 11.7. The molecule has 0 radical (unpaired) electrons. The van der Waals surface area contributed by atoms with E-state index in [2.05, 4.69) is 5.32 Å². The summed E-state index contributed by atoms with van der Waals surface area (Å²) >= 11 is 0. The summed E-state index contributed by atoms with van der Waals surface area (Å²) in [5.74, 6) is -1.71. The van der Waals surface area contributed by atoms with Crippen molar-refractivity contribution in [2.45, 2.75) is 12.5 Å². The van der Waals surface area contributed by atoms with Crippen molar-refractivity contribution < 1.29 is 13.9 Å². The normalized spacial score (nSPS) is 12.9. The van der Waals surface area contributed by atoms with E-state index in [1.165, 1.54) is 6.07 Å². The van der Waals surface area contributed by atoms with Crippen molar-refractivity contribution in [3.8, 4) is 0 Å². The highest BCUT2D eigenvalue weighted by Gasteiger charge is 2.10. The van der Waals surface area contributed by atoms with Crippen LogP contribution in [0.25, 0.3) is 0 Å². The van der Waals surface area contributed by atoms with Gasteiger partial charge >= 0.3 is 0 Å². The molecule has 4 heteroatoms. The third-order valence-corrected chi connectivity index (χ3v) is 2.11. The van der Waals surface area contributed by atoms with Crippen molar-refractivity contribution >= 4 is 0 Å². The lowest BCUT2D eigenvalue weighted by atomic mass is 10.0. The Balaban J connectivity index is 2.88. The lowest BCUT2D eigenvalue weighted by Crippen LogP contribution is -2.17. The average Bonchev–Trinajstić information content (AvgIpc) is 2.19. The average molecular weight is 201 g/mol. The zero-order chi connectivity index (χ0) is 10.6. The van der Waals surface area contributed by atoms with Crippen molar-refractivity contribution in [2.24, 2.45) is 0 Å². The van der Waals surface area contributed by atoms with Crippen molar-refractivity contribution in [2.75, 3.05) is 13.7 Å². The maximum Gasteiger partial charge on any atom is 0.159 e. The number of aliphatic hydroxyl groups excluding tert-OH is 1. The number of hydrogen-bond acceptors (Lipinski definition) is 2. The highest BCUT2D eigenvalue weighted by Crippen LogP contribution is 2.18. The van der Waals surface area contributed by atoms with Crippen LogP contribution in [0.4, 0.5) is 8.78 Å². The zero-order valence-corrected chi connectivity index (χ0v) is 7.93. The van der Waals surface area contributed by atoms with Crippen LogP contribution in [0.2, 0.25) is 0 Å². The quantitative estimate of drug-likeness (QED) is 0.775. The number of hydrogen-bond donors (Lipinski definition) is 2. The van der Waals surface area contributed by atoms with E-state index in [0.29, 0.717) is 12.0 Å². The van der Waals surface area contributed by atoms with Crippen molar-refractivity contribution in [1.82, 2.24) is 5.32 Å². The second-order valence-electron chi connectivity index (χ2n) is 3.03. The summed E-state index contributed by atoms with van der Waals surface area (Å²) in [4.78, 5) is 0. The first-order valence-corrected chi connectivity index (χ1v) is 4.42. The van der Waals surface area contributed by atoms with Crippen LogP contribution in [0.5, 0.6) is 0 Å². The van der Waals surface area contributed by atoms with Gasteiger partial charge in [0.1, 0.15) is 0 Å². The molecule has 0 aliphatic rings. The molecule has 0 fully saturated rings. The first kappa shape index (κ1) is 11.1. The first-order valence-electron chi connectivity index (χ1n) is 4.42. The standard InChI is InChI=1S/C10H13F2NO/c1-13-10(4-5-14)7-2-3-8(11)9(12)6-7/h2-3,6,10,13-14H,4-5H2,1H3. The van der Waals surface area contributed by atoms with Crippen LogP contribution in [-0.2, 0) is 0 Å². The molecule has 1 rings (SSSR count). The topological polar surface area (TPSA) is 32.3 Å². The fourth-order valence-electron chi connectivity index (χ4n) is 1.34. The lowest BCUT2D eigenvalue weighted by Gasteiger charge is -2.15. The summed E-state index contributed by atoms with van der Waals surface area (Å²) in [6.07, 6.45) is 0.474. The van der Waals surface area contributed by atoms with Gasteiger partial charge in [-0.25, -0.2) is 8.78 Å². The van der Waals surface area contributed by atoms with Crippen molar-refractivity contribution in [1.29, 1.82) is 0 Å². The summed E-state index contributed by atoms with van der Waals surface area (Å²) < 4.78 is 25.5. The highest BCUT2D eigenvalue weighted by molar-refractivity contribution is 5.21. The summed E-state index contributed by atoms with van der Waals surface area (Å²) in [6.45, 7) is 0.00447. The minimum atomic E-state index is -0.860. The molecule has 0 saturated carbocycles. The van der Waals surface area contributed by atoms with Gasteiger partial charge in [0, 0.05) is 12.6 Å². The van der Waals surface area contributed by atoms with E-state index >= 15 is 0 Å². The van der Waals surface area contributed by atoms with Crippen LogP contribution in [0, 0.1) is 11.6 Å². The fraction of sp³-hybridized carbons (Fsp3) is 0.400. The molecule has 1 unspecified atom stereocenters. The molecule has 0 aromatic heterocycles. The Labute approximate surface area is 81.6 Å². The summed E-state index contributed by atoms with van der Waals surface area (Å²) in [7, 11) is 1.71. The maximum absolute atomic E-state index is 12.9. The van der Waals surface area contributed by atoms with E-state index in [1.807, 2.05) is 0 Å². The molecule has 14 heavy (non-hydrogen) atoms. The molecule has 0 aliphatic carbocycles. The molecule has 1 aromatic rings. The zero-order valence-electron chi connectivity index (χ0n) is 7.93. The number of rotatable bonds is 4. The van der Waals surface area contributed by atoms with Crippen molar-refractivity contribution in [3.63, 3.8) is 0 Å². The van der Waals surface area contributed by atoms with Gasteiger partial charge in [0.15, 0.2) is 11.6 Å². The van der Waals surface area contributed by atoms with Crippen molar-refractivity contribution in [3.05, 3.63) is 35.4 Å². The van der Waals surface area contributed by atoms with Crippen LogP contribution in [0.1, 0.15) is 18.0 Å². The van der Waals surface area contributed by atoms with Gasteiger partial charge in [0.2, 0.25) is 0 Å². The van der Waals surface area contributed by atoms with Gasteiger partial charge in [-0.15, -0.1) is 0 Å². The maximum atomic E-state index is 12.9. The molecule has 0 saturated heterocycles. The monoisotopic (exact) mass is 201 g/mol. The predicted octanol–water partition coefficient (Wildman–Crippen LogP) is 1.61. The molecule has 1 atom stereocenters. The van der Waals surface area contributed by atoms with E-state index in [-0.39, 0.29) is 12.6 Å². The molecule has 1 aromatic carbocycles. The van der Waals surface area contributed by atoms with Crippen LogP contribution in [-0.4, -0.2) is 18.8 Å². The number of nitrogens with one attached hydrogen (secondary N) is 1. The molecule has 2 N–H and O–H groups in total. The fourth-order valence-corrected chi connectivity index (χ4v) is 1.34. The minimum Gasteiger partial charge on any atom is -0.396 e. The summed E-state index contributed by atoms with van der Waals surface area (Å²) in [6, 6.07) is 3.60. The van der Waals surface area contributed by atoms with Crippen LogP contribution < -0.4 is 5.32 Å². The van der Waals surface area contributed by atoms with Gasteiger partial charge in [-0.05, 0) is 31.2 Å². The van der Waals surface area contributed by atoms with Gasteiger partial charge in [0.25, 0.3) is 0 Å². The molecular formula is C10H13F2NO. The van der Waals surface area contributed by atoms with Crippen LogP contribution in [0.15, 0.2) is 18.2 Å². The number of halogens is 2. The second kappa shape index (κ2) is 5.02. The lowest BCUT2D eigenvalue weighted by molar-refractivity contribution is 0.268. The van der Waals surface area contributed by atoms with E-state index in [0.717, 1.165) is 12.1 Å². The van der Waals surface area contributed by atoms with E-state index in [1.54, 1.807) is 7.05 Å². The molecule has 0 heterocycles. The molecule has 2 nitrogen and oxygen atoms in total. The number of aliphatic hydroxyl groups is 1. The molecule has 0 spiro atoms. The molecule has 0 aliphatic heterocycles. The Morgan fingerprint density at radius 3 is 2.57 bits per heavy atom. The van der Waals surface area contributed by atoms with Gasteiger partial charge in [0.05, 0.1) is 0 Å². The van der Waals surface area contributed by atoms with Gasteiger partial charge in [-0.1, -0.05) is 6.07 Å². The molecular weight excluding hydrogens is 188 g/mol. The predicted molar refractivity (Wildman–Crippen MR) is 49.9 cm³/mol. The number of benzene rings is 1. The van der Waals surface area contributed by atoms with Crippen LogP contribution in [0.3, 0.4) is 0 Å². The van der Waals surface area contributed by atoms with Gasteiger partial charge < -0.3 is 10.4 Å². The third kappa shape index (κ3) is 2.49. The Hall–Kier alpha value is -1.00. The Morgan fingerprint density at radius 2 is 2.07 bits per heavy atom. The van der Waals surface area contributed by atoms with E-state index in [4.69, 9.17) is 5.11 Å². The Morgan fingerprint density at radius 1 is 1.36 bits per heavy atom. The van der Waals surface area contributed by atoms with Gasteiger partial charge in [-0.2, -0.15) is 0 Å². The molecule has 0 bridgehead atoms. The second-order valence-corrected chi connectivity index (χ2v) is 3.03. The largest absolute Gasteiger partial charge is 0.396 e. The highest BCUT2D eigenvalue weighted by atomic mass is 19.2.